The van der Waals surface area contributed by atoms with Gasteiger partial charge in [0.1, 0.15) is 5.82 Å². The van der Waals surface area contributed by atoms with E-state index in [1.165, 1.54) is 17.0 Å². The second-order valence-corrected chi connectivity index (χ2v) is 4.32. The molecule has 2 aromatic rings. The lowest BCUT2D eigenvalue weighted by Crippen LogP contribution is -2.11. The Morgan fingerprint density at radius 1 is 1.19 bits per heavy atom. The molecule has 0 amide bonds. The van der Waals surface area contributed by atoms with Gasteiger partial charge in [-0.05, 0) is 13.3 Å². The summed E-state index contributed by atoms with van der Waals surface area (Å²) in [6.45, 7) is 3.73. The SMILES string of the molecule is CCOCCCNc1nccn1-c1cc(F)c(F)cc1F. The minimum Gasteiger partial charge on any atom is -0.382 e. The molecule has 0 radical (unpaired) electrons. The third-order valence-corrected chi connectivity index (χ3v) is 2.84. The maximum Gasteiger partial charge on any atom is 0.207 e. The number of halogens is 3. The topological polar surface area (TPSA) is 39.1 Å². The monoisotopic (exact) mass is 299 g/mol. The summed E-state index contributed by atoms with van der Waals surface area (Å²) >= 11 is 0. The quantitative estimate of drug-likeness (QED) is 0.630. The molecule has 0 atom stereocenters. The second kappa shape index (κ2) is 7.12. The molecule has 1 aromatic carbocycles. The van der Waals surface area contributed by atoms with Crippen LogP contribution in [0.2, 0.25) is 0 Å². The summed E-state index contributed by atoms with van der Waals surface area (Å²) in [5.74, 6) is -2.83. The van der Waals surface area contributed by atoms with Crippen LogP contribution in [0.3, 0.4) is 0 Å². The fourth-order valence-electron chi connectivity index (χ4n) is 1.84. The zero-order valence-electron chi connectivity index (χ0n) is 11.6. The molecule has 21 heavy (non-hydrogen) atoms. The van der Waals surface area contributed by atoms with Crippen molar-refractivity contribution in [1.29, 1.82) is 0 Å². The van der Waals surface area contributed by atoms with Gasteiger partial charge in [0.2, 0.25) is 5.95 Å². The second-order valence-electron chi connectivity index (χ2n) is 4.32. The van der Waals surface area contributed by atoms with E-state index in [9.17, 15) is 13.2 Å². The first-order valence-electron chi connectivity index (χ1n) is 6.63. The number of benzene rings is 1. The highest BCUT2D eigenvalue weighted by Crippen LogP contribution is 2.21. The lowest BCUT2D eigenvalue weighted by atomic mass is 10.3. The Bertz CT molecular complexity index is 601. The minimum atomic E-state index is -1.22. The maximum atomic E-state index is 13.8. The summed E-state index contributed by atoms with van der Waals surface area (Å²) in [4.78, 5) is 4.03. The van der Waals surface area contributed by atoms with E-state index in [0.29, 0.717) is 31.8 Å². The van der Waals surface area contributed by atoms with Crippen LogP contribution < -0.4 is 5.32 Å². The van der Waals surface area contributed by atoms with Crippen LogP contribution in [-0.4, -0.2) is 29.3 Å². The number of rotatable bonds is 7. The van der Waals surface area contributed by atoms with Gasteiger partial charge in [-0.1, -0.05) is 0 Å². The van der Waals surface area contributed by atoms with E-state index in [2.05, 4.69) is 10.3 Å². The van der Waals surface area contributed by atoms with Gasteiger partial charge < -0.3 is 10.1 Å². The minimum absolute atomic E-state index is 0.0984. The van der Waals surface area contributed by atoms with Crippen LogP contribution in [0.4, 0.5) is 19.1 Å². The van der Waals surface area contributed by atoms with Crippen molar-refractivity contribution in [3.8, 4) is 5.69 Å². The van der Waals surface area contributed by atoms with Crippen LogP contribution in [0, 0.1) is 17.5 Å². The summed E-state index contributed by atoms with van der Waals surface area (Å²) in [5, 5.41) is 3.00. The van der Waals surface area contributed by atoms with Crippen molar-refractivity contribution in [1.82, 2.24) is 9.55 Å². The van der Waals surface area contributed by atoms with Crippen LogP contribution >= 0.6 is 0 Å². The molecule has 4 nitrogen and oxygen atoms in total. The molecule has 0 aliphatic carbocycles. The first kappa shape index (κ1) is 15.4. The molecule has 0 saturated carbocycles. The molecule has 0 spiro atoms. The standard InChI is InChI=1S/C14H16F3N3O/c1-2-21-7-3-4-18-14-19-5-6-20(14)13-9-11(16)10(15)8-12(13)17/h5-6,8-9H,2-4,7H2,1H3,(H,18,19). The number of imidazole rings is 1. The van der Waals surface area contributed by atoms with Crippen LogP contribution in [0.15, 0.2) is 24.5 Å². The van der Waals surface area contributed by atoms with E-state index in [1.54, 1.807) is 0 Å². The molecule has 0 bridgehead atoms. The Hall–Kier alpha value is -2.02. The largest absolute Gasteiger partial charge is 0.382 e. The number of nitrogens with zero attached hydrogens (tertiary/aromatic N) is 2. The molecule has 0 aliphatic heterocycles. The molecule has 0 aliphatic rings. The summed E-state index contributed by atoms with van der Waals surface area (Å²) in [6.07, 6.45) is 3.67. The fourth-order valence-corrected chi connectivity index (χ4v) is 1.84. The third kappa shape index (κ3) is 3.75. The lowest BCUT2D eigenvalue weighted by Gasteiger charge is -2.11. The normalized spacial score (nSPS) is 10.9. The Morgan fingerprint density at radius 2 is 1.95 bits per heavy atom. The van der Waals surface area contributed by atoms with Gasteiger partial charge in [-0.3, -0.25) is 4.57 Å². The van der Waals surface area contributed by atoms with E-state index in [1.807, 2.05) is 6.92 Å². The van der Waals surface area contributed by atoms with E-state index >= 15 is 0 Å². The smallest absolute Gasteiger partial charge is 0.207 e. The Morgan fingerprint density at radius 3 is 2.71 bits per heavy atom. The van der Waals surface area contributed by atoms with Crippen molar-refractivity contribution < 1.29 is 17.9 Å². The van der Waals surface area contributed by atoms with Crippen molar-refractivity contribution in [3.05, 3.63) is 42.0 Å². The van der Waals surface area contributed by atoms with E-state index in [0.717, 1.165) is 12.5 Å². The Balaban J connectivity index is 2.11. The molecule has 0 saturated heterocycles. The van der Waals surface area contributed by atoms with Gasteiger partial charge in [-0.15, -0.1) is 0 Å². The highest BCUT2D eigenvalue weighted by Gasteiger charge is 2.13. The average Bonchev–Trinajstić information content (AvgIpc) is 2.91. The van der Waals surface area contributed by atoms with Crippen molar-refractivity contribution in [2.24, 2.45) is 0 Å². The van der Waals surface area contributed by atoms with Crippen LogP contribution in [0.5, 0.6) is 0 Å². The number of ether oxygens (including phenoxy) is 1. The van der Waals surface area contributed by atoms with Gasteiger partial charge in [-0.25, -0.2) is 18.2 Å². The first-order chi connectivity index (χ1) is 10.1. The predicted molar refractivity (Wildman–Crippen MR) is 73.0 cm³/mol. The van der Waals surface area contributed by atoms with E-state index in [-0.39, 0.29) is 5.69 Å². The van der Waals surface area contributed by atoms with Crippen molar-refractivity contribution >= 4 is 5.95 Å². The first-order valence-corrected chi connectivity index (χ1v) is 6.63. The zero-order chi connectivity index (χ0) is 15.2. The number of hydrogen-bond donors (Lipinski definition) is 1. The molecule has 0 fully saturated rings. The highest BCUT2D eigenvalue weighted by molar-refractivity contribution is 5.43. The number of aromatic nitrogens is 2. The summed E-state index contributed by atoms with van der Waals surface area (Å²) < 4.78 is 46.5. The highest BCUT2D eigenvalue weighted by atomic mass is 19.2. The van der Waals surface area contributed by atoms with E-state index < -0.39 is 17.5 Å². The van der Waals surface area contributed by atoms with Crippen LogP contribution in [-0.2, 0) is 4.74 Å². The molecule has 7 heteroatoms. The third-order valence-electron chi connectivity index (χ3n) is 2.84. The van der Waals surface area contributed by atoms with Crippen LogP contribution in [0.1, 0.15) is 13.3 Å². The number of anilines is 1. The van der Waals surface area contributed by atoms with Gasteiger partial charge in [0.15, 0.2) is 11.6 Å². The van der Waals surface area contributed by atoms with Gasteiger partial charge in [0.25, 0.3) is 0 Å². The van der Waals surface area contributed by atoms with Gasteiger partial charge in [0.05, 0.1) is 5.69 Å². The molecule has 1 N–H and O–H groups in total. The summed E-state index contributed by atoms with van der Waals surface area (Å²) in [6, 6.07) is 1.32. The Labute approximate surface area is 120 Å². The summed E-state index contributed by atoms with van der Waals surface area (Å²) in [5.41, 5.74) is -0.0984. The Kier molecular flexibility index (Phi) is 5.21. The molecular formula is C14H16F3N3O. The molecule has 114 valence electrons. The van der Waals surface area contributed by atoms with E-state index in [4.69, 9.17) is 4.74 Å². The lowest BCUT2D eigenvalue weighted by molar-refractivity contribution is 0.147. The fraction of sp³-hybridized carbons (Fsp3) is 0.357. The molecule has 1 heterocycles. The van der Waals surface area contributed by atoms with Crippen molar-refractivity contribution in [2.75, 3.05) is 25.1 Å². The molecule has 1 aromatic heterocycles. The molecular weight excluding hydrogens is 283 g/mol. The van der Waals surface area contributed by atoms with Gasteiger partial charge >= 0.3 is 0 Å². The number of hydrogen-bond acceptors (Lipinski definition) is 3. The predicted octanol–water partition coefficient (Wildman–Crippen LogP) is 3.13. The molecule has 0 unspecified atom stereocenters. The van der Waals surface area contributed by atoms with Gasteiger partial charge in [-0.2, -0.15) is 0 Å². The van der Waals surface area contributed by atoms with Crippen molar-refractivity contribution in [3.63, 3.8) is 0 Å². The van der Waals surface area contributed by atoms with Gasteiger partial charge in [0, 0.05) is 44.3 Å². The zero-order valence-corrected chi connectivity index (χ0v) is 11.6. The number of nitrogens with one attached hydrogen (secondary N) is 1. The average molecular weight is 299 g/mol. The molecule has 2 rings (SSSR count). The van der Waals surface area contributed by atoms with Crippen LogP contribution in [0.25, 0.3) is 5.69 Å². The van der Waals surface area contributed by atoms with Crippen molar-refractivity contribution in [2.45, 2.75) is 13.3 Å². The summed E-state index contributed by atoms with van der Waals surface area (Å²) in [7, 11) is 0. The maximum absolute atomic E-state index is 13.8.